The number of nitrogens with zero attached hydrogens (tertiary/aromatic N) is 1. The summed E-state index contributed by atoms with van der Waals surface area (Å²) in [7, 11) is 0. The van der Waals surface area contributed by atoms with Crippen molar-refractivity contribution in [2.24, 2.45) is 0 Å². The largest absolute Gasteiger partial charge is 0.355 e. The Labute approximate surface area is 152 Å². The fraction of sp³-hybridized carbons (Fsp3) is 0.421. The molecule has 128 valence electrons. The molecule has 1 N–H and O–H groups in total. The molecule has 3 nitrogen and oxygen atoms in total. The number of carbonyl (C=O) groups is 1. The number of hydrogen-bond acceptors (Lipinski definition) is 3. The number of amides is 1. The second-order valence-electron chi connectivity index (χ2n) is 6.28. The Bertz CT molecular complexity index is 634. The third-order valence-electron chi connectivity index (χ3n) is 4.56. The van der Waals surface area contributed by atoms with Crippen molar-refractivity contribution in [3.8, 4) is 0 Å². The minimum Gasteiger partial charge on any atom is -0.355 e. The maximum Gasteiger partial charge on any atom is 0.224 e. The van der Waals surface area contributed by atoms with E-state index < -0.39 is 0 Å². The van der Waals surface area contributed by atoms with Crippen LogP contribution >= 0.6 is 22.9 Å². The van der Waals surface area contributed by atoms with Crippen LogP contribution in [0.2, 0.25) is 5.02 Å². The molecular weight excluding hydrogens is 340 g/mol. The van der Waals surface area contributed by atoms with Crippen LogP contribution in [0, 0.1) is 0 Å². The first kappa shape index (κ1) is 17.5. The number of thiophene rings is 1. The predicted molar refractivity (Wildman–Crippen MR) is 101 cm³/mol. The van der Waals surface area contributed by atoms with E-state index in [1.165, 1.54) is 17.7 Å². The lowest BCUT2D eigenvalue weighted by Gasteiger charge is -2.31. The second kappa shape index (κ2) is 8.65. The van der Waals surface area contributed by atoms with Crippen molar-refractivity contribution in [3.63, 3.8) is 0 Å². The van der Waals surface area contributed by atoms with Crippen molar-refractivity contribution in [2.75, 3.05) is 26.2 Å². The molecule has 1 saturated heterocycles. The van der Waals surface area contributed by atoms with Crippen LogP contribution in [0.1, 0.15) is 29.2 Å². The van der Waals surface area contributed by atoms with Gasteiger partial charge in [-0.05, 0) is 61.0 Å². The number of hydrogen-bond donors (Lipinski definition) is 1. The van der Waals surface area contributed by atoms with Gasteiger partial charge < -0.3 is 10.2 Å². The van der Waals surface area contributed by atoms with E-state index in [4.69, 9.17) is 11.6 Å². The SMILES string of the molecule is O=C(Cc1ccc(Cl)cc1)NCCN1CCC(c2cccs2)CC1. The van der Waals surface area contributed by atoms with Crippen LogP contribution in [0.5, 0.6) is 0 Å². The Morgan fingerprint density at radius 1 is 1.21 bits per heavy atom. The standard InChI is InChI=1S/C19H23ClN2OS/c20-17-5-3-15(4-6-17)14-19(23)21-9-12-22-10-7-16(8-11-22)18-2-1-13-24-18/h1-6,13,16H,7-12,14H2,(H,21,23). The highest BCUT2D eigenvalue weighted by atomic mass is 35.5. The monoisotopic (exact) mass is 362 g/mol. The molecule has 1 amide bonds. The molecule has 0 atom stereocenters. The molecule has 0 bridgehead atoms. The first-order chi connectivity index (χ1) is 11.7. The van der Waals surface area contributed by atoms with Gasteiger partial charge in [0, 0.05) is 23.0 Å². The molecule has 24 heavy (non-hydrogen) atoms. The molecule has 3 rings (SSSR count). The summed E-state index contributed by atoms with van der Waals surface area (Å²) < 4.78 is 0. The highest BCUT2D eigenvalue weighted by Crippen LogP contribution is 2.30. The number of halogens is 1. The summed E-state index contributed by atoms with van der Waals surface area (Å²) in [6, 6.07) is 11.8. The summed E-state index contributed by atoms with van der Waals surface area (Å²) in [4.78, 5) is 16.0. The van der Waals surface area contributed by atoms with Gasteiger partial charge in [0.25, 0.3) is 0 Å². The molecule has 2 heterocycles. The van der Waals surface area contributed by atoms with Crippen molar-refractivity contribution in [2.45, 2.75) is 25.2 Å². The minimum atomic E-state index is 0.0748. The molecule has 5 heteroatoms. The highest BCUT2D eigenvalue weighted by Gasteiger charge is 2.20. The predicted octanol–water partition coefficient (Wildman–Crippen LogP) is 3.94. The zero-order valence-electron chi connectivity index (χ0n) is 13.7. The summed E-state index contributed by atoms with van der Waals surface area (Å²) in [6.45, 7) is 3.89. The molecule has 1 aliphatic rings. The van der Waals surface area contributed by atoms with Crippen molar-refractivity contribution in [1.29, 1.82) is 0 Å². The minimum absolute atomic E-state index is 0.0748. The second-order valence-corrected chi connectivity index (χ2v) is 7.70. The van der Waals surface area contributed by atoms with Gasteiger partial charge >= 0.3 is 0 Å². The smallest absolute Gasteiger partial charge is 0.224 e. The maximum absolute atomic E-state index is 12.0. The van der Waals surface area contributed by atoms with Crippen molar-refractivity contribution in [3.05, 3.63) is 57.2 Å². The van der Waals surface area contributed by atoms with Crippen molar-refractivity contribution >= 4 is 28.8 Å². The fourth-order valence-electron chi connectivity index (χ4n) is 3.17. The number of benzene rings is 1. The van der Waals surface area contributed by atoms with Crippen molar-refractivity contribution in [1.82, 2.24) is 10.2 Å². The molecule has 0 spiro atoms. The van der Waals surface area contributed by atoms with Gasteiger partial charge in [0.2, 0.25) is 5.91 Å². The first-order valence-corrected chi connectivity index (χ1v) is 9.73. The van der Waals surface area contributed by atoms with E-state index in [9.17, 15) is 4.79 Å². The number of nitrogens with one attached hydrogen (secondary N) is 1. The molecular formula is C19H23ClN2OS. The van der Waals surface area contributed by atoms with Gasteiger partial charge in [0.05, 0.1) is 6.42 Å². The van der Waals surface area contributed by atoms with Crippen LogP contribution in [0.3, 0.4) is 0 Å². The molecule has 1 aromatic carbocycles. The van der Waals surface area contributed by atoms with E-state index >= 15 is 0 Å². The first-order valence-electron chi connectivity index (χ1n) is 8.47. The van der Waals surface area contributed by atoms with Crippen LogP contribution in [0.4, 0.5) is 0 Å². The van der Waals surface area contributed by atoms with Gasteiger partial charge in [0.15, 0.2) is 0 Å². The summed E-state index contributed by atoms with van der Waals surface area (Å²) in [6.07, 6.45) is 2.86. The summed E-state index contributed by atoms with van der Waals surface area (Å²) in [5.74, 6) is 0.798. The van der Waals surface area contributed by atoms with Crippen molar-refractivity contribution < 1.29 is 4.79 Å². The van der Waals surface area contributed by atoms with Gasteiger partial charge in [-0.1, -0.05) is 29.8 Å². The van der Waals surface area contributed by atoms with Crippen LogP contribution in [-0.2, 0) is 11.2 Å². The van der Waals surface area contributed by atoms with Crippen LogP contribution in [-0.4, -0.2) is 37.0 Å². The van der Waals surface area contributed by atoms with E-state index in [0.717, 1.165) is 37.7 Å². The van der Waals surface area contributed by atoms with Gasteiger partial charge in [-0.3, -0.25) is 4.79 Å². The lowest BCUT2D eigenvalue weighted by molar-refractivity contribution is -0.120. The van der Waals surface area contributed by atoms with Crippen LogP contribution in [0.25, 0.3) is 0 Å². The molecule has 1 fully saturated rings. The molecule has 0 aliphatic carbocycles. The zero-order valence-corrected chi connectivity index (χ0v) is 15.3. The molecule has 1 aliphatic heterocycles. The Balaban J connectivity index is 1.33. The van der Waals surface area contributed by atoms with Crippen LogP contribution in [0.15, 0.2) is 41.8 Å². The molecule has 0 radical (unpaired) electrons. The van der Waals surface area contributed by atoms with E-state index in [1.807, 2.05) is 35.6 Å². The van der Waals surface area contributed by atoms with E-state index in [1.54, 1.807) is 0 Å². The summed E-state index contributed by atoms with van der Waals surface area (Å²) in [5, 5.41) is 5.88. The lowest BCUT2D eigenvalue weighted by Crippen LogP contribution is -2.39. The molecule has 2 aromatic rings. The quantitative estimate of drug-likeness (QED) is 0.844. The van der Waals surface area contributed by atoms with Gasteiger partial charge in [-0.2, -0.15) is 0 Å². The Morgan fingerprint density at radius 2 is 1.96 bits per heavy atom. The van der Waals surface area contributed by atoms with Crippen LogP contribution < -0.4 is 5.32 Å². The fourth-order valence-corrected chi connectivity index (χ4v) is 4.19. The Kier molecular flexibility index (Phi) is 6.30. The zero-order chi connectivity index (χ0) is 16.8. The summed E-state index contributed by atoms with van der Waals surface area (Å²) >= 11 is 7.73. The lowest BCUT2D eigenvalue weighted by atomic mass is 9.95. The normalized spacial score (nSPS) is 16.2. The third kappa shape index (κ3) is 5.07. The molecule has 0 saturated carbocycles. The van der Waals surface area contributed by atoms with E-state index in [2.05, 4.69) is 27.7 Å². The maximum atomic E-state index is 12.0. The average Bonchev–Trinajstić information content (AvgIpc) is 3.12. The summed E-state index contributed by atoms with van der Waals surface area (Å²) in [5.41, 5.74) is 0.994. The number of carbonyl (C=O) groups excluding carboxylic acids is 1. The van der Waals surface area contributed by atoms with E-state index in [0.29, 0.717) is 11.4 Å². The molecule has 0 unspecified atom stereocenters. The average molecular weight is 363 g/mol. The van der Waals surface area contributed by atoms with Gasteiger partial charge in [0.1, 0.15) is 0 Å². The Morgan fingerprint density at radius 3 is 2.62 bits per heavy atom. The third-order valence-corrected chi connectivity index (χ3v) is 5.85. The number of likely N-dealkylation sites (tertiary alicyclic amines) is 1. The van der Waals surface area contributed by atoms with E-state index in [-0.39, 0.29) is 5.91 Å². The molecule has 1 aromatic heterocycles. The van der Waals surface area contributed by atoms with Gasteiger partial charge in [-0.25, -0.2) is 0 Å². The Hall–Kier alpha value is -1.36. The number of rotatable bonds is 6. The topological polar surface area (TPSA) is 32.3 Å². The number of piperidine rings is 1. The van der Waals surface area contributed by atoms with Gasteiger partial charge in [-0.15, -0.1) is 11.3 Å². The highest BCUT2D eigenvalue weighted by molar-refractivity contribution is 7.10.